The van der Waals surface area contributed by atoms with Gasteiger partial charge in [-0.2, -0.15) is 0 Å². The van der Waals surface area contributed by atoms with E-state index in [1.54, 1.807) is 19.2 Å². The third kappa shape index (κ3) is 10.9. The zero-order chi connectivity index (χ0) is 62.3. The minimum atomic E-state index is -1.28. The molecule has 14 heteroatoms. The molecule has 468 valence electrons. The van der Waals surface area contributed by atoms with Crippen LogP contribution in [-0.2, 0) is 56.7 Å². The molecule has 0 amide bonds. The van der Waals surface area contributed by atoms with Gasteiger partial charge < -0.3 is 49.8 Å². The molecular weight excluding hydrogens is 1180 g/mol. The summed E-state index contributed by atoms with van der Waals surface area (Å²) < 4.78 is 26.8. The monoisotopic (exact) mass is 1260 g/mol. The van der Waals surface area contributed by atoms with Gasteiger partial charge in [-0.15, -0.1) is 0 Å². The fourth-order valence-corrected chi connectivity index (χ4v) is 20.7. The normalized spacial score (nSPS) is 30.7. The van der Waals surface area contributed by atoms with Gasteiger partial charge >= 0.3 is 11.9 Å². The maximum Gasteiger partial charge on any atom is 0.316 e. The average Bonchev–Trinajstić information content (AvgIpc) is 0.682. The number of carbonyl (C=O) groups excluding carboxylic acids is 2. The Bertz CT molecular complexity index is 4100. The maximum absolute atomic E-state index is 17.1. The molecule has 15 rings (SSSR count). The van der Waals surface area contributed by atoms with Crippen molar-refractivity contribution in [2.24, 2.45) is 40.9 Å². The highest BCUT2D eigenvalue weighted by molar-refractivity contribution is 8.76. The molecule has 91 heavy (non-hydrogen) atoms. The Balaban J connectivity index is 0.948. The van der Waals surface area contributed by atoms with Crippen LogP contribution in [0.2, 0.25) is 0 Å². The van der Waals surface area contributed by atoms with Crippen LogP contribution in [0.5, 0.6) is 28.7 Å². The number of aryl methyl sites for hydroxylation is 1. The standard InChI is InChI=1S/C77H77NO11S2/c1-43(79)88-70-33-58-32-63-61-35-72(68(82)28-53(61)26-64-67(81)36-65-62-34-69(83)71(86-2)29-54(62)27-66(70)77(65,74(63)64)56-20-17-49-12-6-7-13-50(49)24-56)87-41-73(84)91-90-42-48-22-45-15-16-47(21-44-9-4-3-5-10-44)40-78-39-46-11-8-14-51(23-46)60-31-57(80)25-52-18-19-55(30-59(52)60)76(37-45,38-48)75(85)89-58/h3-14,18-19,23-25,28-31,34-35,45,47-48,58,63-67,70,73-74,78,80-84H,17,20-22,26-27,32-33,36-42H2,1-2H3/t45-,47+,48+,58+,63+,64-,65+,66-,67+,70-,73-,74-,76-,77-/m1/s1. The van der Waals surface area contributed by atoms with Gasteiger partial charge in [0.25, 0.3) is 0 Å². The lowest BCUT2D eigenvalue weighted by atomic mass is 9.38. The second-order valence-corrected chi connectivity index (χ2v) is 29.8. The number of rotatable bonds is 5. The van der Waals surface area contributed by atoms with E-state index in [2.05, 4.69) is 102 Å². The van der Waals surface area contributed by atoms with E-state index >= 15 is 4.79 Å². The van der Waals surface area contributed by atoms with Gasteiger partial charge in [0.2, 0.25) is 0 Å². The lowest BCUT2D eigenvalue weighted by Crippen LogP contribution is -2.64. The molecule has 6 N–H and O–H groups in total. The summed E-state index contributed by atoms with van der Waals surface area (Å²) in [6, 6.07) is 44.6. The van der Waals surface area contributed by atoms with Crippen LogP contribution in [0.15, 0.2) is 139 Å². The summed E-state index contributed by atoms with van der Waals surface area (Å²) in [5, 5.41) is 65.7. The van der Waals surface area contributed by atoms with Crippen LogP contribution in [0.1, 0.15) is 114 Å². The summed E-state index contributed by atoms with van der Waals surface area (Å²) in [6.45, 7) is 2.60. The van der Waals surface area contributed by atoms with Gasteiger partial charge in [0.1, 0.15) is 30.0 Å². The predicted molar refractivity (Wildman–Crippen MR) is 355 cm³/mol. The highest BCUT2D eigenvalue weighted by Gasteiger charge is 2.68. The van der Waals surface area contributed by atoms with Crippen molar-refractivity contribution in [3.8, 4) is 51.7 Å². The molecule has 12 nitrogen and oxygen atoms in total. The largest absolute Gasteiger partial charge is 0.508 e. The van der Waals surface area contributed by atoms with Crippen LogP contribution < -0.4 is 14.8 Å². The van der Waals surface area contributed by atoms with Crippen LogP contribution in [0.25, 0.3) is 28.0 Å². The van der Waals surface area contributed by atoms with E-state index in [1.165, 1.54) is 45.2 Å². The number of hydrogen-bond acceptors (Lipinski definition) is 14. The molecule has 7 aromatic carbocycles. The first-order valence-corrected chi connectivity index (χ1v) is 34.9. The third-order valence-electron chi connectivity index (χ3n) is 22.0. The van der Waals surface area contributed by atoms with E-state index in [0.29, 0.717) is 69.5 Å². The van der Waals surface area contributed by atoms with Crippen LogP contribution in [0, 0.1) is 52.8 Å². The van der Waals surface area contributed by atoms with Crippen molar-refractivity contribution >= 4 is 50.4 Å². The topological polar surface area (TPSA) is 184 Å². The van der Waals surface area contributed by atoms with E-state index in [1.807, 2.05) is 42.5 Å². The van der Waals surface area contributed by atoms with E-state index in [4.69, 9.17) is 18.9 Å². The molecule has 11 bridgehead atoms. The van der Waals surface area contributed by atoms with Crippen molar-refractivity contribution in [3.05, 3.63) is 189 Å². The fraction of sp³-hybridized carbons (Fsp3) is 0.403. The van der Waals surface area contributed by atoms with Crippen molar-refractivity contribution in [2.75, 3.05) is 26.0 Å². The number of allylic oxidation sites excluding steroid dienone is 1. The number of carbonyl (C=O) groups is 2. The summed E-state index contributed by atoms with van der Waals surface area (Å²) >= 11 is 0. The minimum absolute atomic E-state index is 0.00886. The number of methoxy groups -OCH3 is 1. The number of aromatic hydroxyl groups is 3. The number of phenolic OH excluding ortho intramolecular Hbond substituents is 3. The summed E-state index contributed by atoms with van der Waals surface area (Å²) in [6.07, 6.45) is 5.24. The van der Waals surface area contributed by atoms with Crippen LogP contribution in [-0.4, -0.2) is 87.2 Å². The number of hydrogen-bond donors (Lipinski definition) is 6. The van der Waals surface area contributed by atoms with Crippen LogP contribution >= 0.6 is 21.6 Å². The lowest BCUT2D eigenvalue weighted by molar-refractivity contribution is -0.181. The molecule has 2 heterocycles. The highest BCUT2D eigenvalue weighted by atomic mass is 33.1. The highest BCUT2D eigenvalue weighted by Crippen LogP contribution is 2.72. The van der Waals surface area contributed by atoms with Gasteiger partial charge in [-0.3, -0.25) is 9.59 Å². The summed E-state index contributed by atoms with van der Waals surface area (Å²) in [7, 11) is 4.40. The molecular formula is C77H77NO11S2. The second-order valence-electron chi connectivity index (χ2n) is 27.2. The predicted octanol–water partition coefficient (Wildman–Crippen LogP) is 13.3. The Kier molecular flexibility index (Phi) is 16.0. The average molecular weight is 1260 g/mol. The van der Waals surface area contributed by atoms with E-state index in [9.17, 15) is 30.3 Å². The van der Waals surface area contributed by atoms with Gasteiger partial charge in [0, 0.05) is 55.4 Å². The van der Waals surface area contributed by atoms with Crippen molar-refractivity contribution < 1.29 is 54.1 Å². The zero-order valence-corrected chi connectivity index (χ0v) is 52.9. The Morgan fingerprint density at radius 3 is 2.51 bits per heavy atom. The molecule has 0 saturated heterocycles. The van der Waals surface area contributed by atoms with E-state index in [-0.39, 0.29) is 83.9 Å². The second kappa shape index (κ2) is 24.3. The molecule has 3 fully saturated rings. The van der Waals surface area contributed by atoms with Crippen LogP contribution in [0.4, 0.5) is 0 Å². The van der Waals surface area contributed by atoms with Crippen molar-refractivity contribution in [1.29, 1.82) is 0 Å². The van der Waals surface area contributed by atoms with Gasteiger partial charge in [-0.1, -0.05) is 130 Å². The number of aliphatic hydroxyl groups is 2. The van der Waals surface area contributed by atoms with Gasteiger partial charge in [-0.25, -0.2) is 0 Å². The molecule has 8 aliphatic rings. The minimum Gasteiger partial charge on any atom is -0.508 e. The van der Waals surface area contributed by atoms with Gasteiger partial charge in [0.15, 0.2) is 23.0 Å². The van der Waals surface area contributed by atoms with Gasteiger partial charge in [0.05, 0.1) is 18.6 Å². The van der Waals surface area contributed by atoms with E-state index < -0.39 is 52.4 Å². The summed E-state index contributed by atoms with van der Waals surface area (Å²) in [4.78, 5) is 31.2. The molecule has 3 saturated carbocycles. The number of phenols is 3. The first-order chi connectivity index (χ1) is 44.2. The maximum atomic E-state index is 17.1. The number of benzene rings is 7. The lowest BCUT2D eigenvalue weighted by Gasteiger charge is -2.66. The van der Waals surface area contributed by atoms with Crippen LogP contribution in [0.3, 0.4) is 0 Å². The first-order valence-electron chi connectivity index (χ1n) is 32.5. The summed E-state index contributed by atoms with van der Waals surface area (Å²) in [5.41, 5.74) is 8.98. The molecule has 14 atom stereocenters. The molecule has 1 spiro atoms. The van der Waals surface area contributed by atoms with Crippen molar-refractivity contribution in [2.45, 2.75) is 125 Å². The Labute approximate surface area is 539 Å². The number of fused-ring (bicyclic) bond motifs is 11. The summed E-state index contributed by atoms with van der Waals surface area (Å²) in [5.74, 6) is 5.64. The molecule has 0 unspecified atom stereocenters. The van der Waals surface area contributed by atoms with Gasteiger partial charge in [-0.05, 0) is 214 Å². The number of aliphatic hydroxyl groups excluding tert-OH is 2. The van der Waals surface area contributed by atoms with Crippen molar-refractivity contribution in [1.82, 2.24) is 5.32 Å². The Morgan fingerprint density at radius 1 is 0.802 bits per heavy atom. The zero-order valence-electron chi connectivity index (χ0n) is 51.3. The molecule has 0 radical (unpaired) electrons. The van der Waals surface area contributed by atoms with Crippen molar-refractivity contribution in [3.63, 3.8) is 0 Å². The molecule has 2 aliphatic heterocycles. The number of esters is 2. The first kappa shape index (κ1) is 59.9. The molecule has 0 aromatic heterocycles. The molecule has 6 aliphatic carbocycles. The number of nitrogens with one attached hydrogen (secondary N) is 1. The number of ether oxygens (including phenoxy) is 4. The Morgan fingerprint density at radius 2 is 1.65 bits per heavy atom. The quantitative estimate of drug-likeness (QED) is 0.0543. The van der Waals surface area contributed by atoms with E-state index in [0.717, 1.165) is 73.7 Å². The Hall–Kier alpha value is -7.38. The molecule has 7 aromatic rings. The third-order valence-corrected chi connectivity index (χ3v) is 24.6. The smallest absolute Gasteiger partial charge is 0.316 e. The SMILES string of the molecule is COc1cc2c(cc1O)[C@@H]1C[C@H](O)[C@H]3Cc4cc(O)c5cc4[C@@H]4C[C@@H](C[C@@H](OC(C)=O)[C@@H](C2)[C@]1(C1=Cc2ccccc2CC1)[C@@H]34)OC(=O)[C@@]12C[C@H](C#C[C@@H](Cc3ccccc3)CNCc3cccc(c3)-c3cc(O)cc4ccc1cc34)C[C@H](CSS[C@@H](O)CO5)C2. The fourth-order valence-electron chi connectivity index (χ4n) is 18.5.